The first-order valence-corrected chi connectivity index (χ1v) is 9.20. The van der Waals surface area contributed by atoms with E-state index in [0.717, 1.165) is 5.56 Å². The Morgan fingerprint density at radius 2 is 1.90 bits per heavy atom. The number of carbonyl (C=O) groups is 3. The number of rotatable bonds is 4. The Kier molecular flexibility index (Phi) is 5.78. The van der Waals surface area contributed by atoms with Gasteiger partial charge < -0.3 is 20.1 Å². The second-order valence-electron chi connectivity index (χ2n) is 6.18. The van der Waals surface area contributed by atoms with Crippen molar-refractivity contribution in [3.63, 3.8) is 0 Å². The smallest absolute Gasteiger partial charge is 0.471 e. The van der Waals surface area contributed by atoms with Crippen molar-refractivity contribution in [1.29, 1.82) is 0 Å². The lowest BCUT2D eigenvalue weighted by Crippen LogP contribution is -2.36. The number of ether oxygens (including phenoxy) is 1. The van der Waals surface area contributed by atoms with Gasteiger partial charge in [0, 0.05) is 11.4 Å². The largest absolute Gasteiger partial charge is 0.478 e. The van der Waals surface area contributed by atoms with Crippen LogP contribution in [0, 0.1) is 0 Å². The van der Waals surface area contributed by atoms with Crippen molar-refractivity contribution >= 4 is 34.3 Å². The summed E-state index contributed by atoms with van der Waals surface area (Å²) < 4.78 is 42.8. The number of nitrogens with zero attached hydrogens (tertiary/aromatic N) is 1. The van der Waals surface area contributed by atoms with Crippen molar-refractivity contribution in [3.05, 3.63) is 51.9 Å². The zero-order valence-corrected chi connectivity index (χ0v) is 15.6. The minimum Gasteiger partial charge on any atom is -0.478 e. The highest BCUT2D eigenvalue weighted by Gasteiger charge is 2.40. The van der Waals surface area contributed by atoms with Crippen molar-refractivity contribution in [2.24, 2.45) is 0 Å². The monoisotopic (exact) mass is 428 g/mol. The number of hydrogen-bond acceptors (Lipinski definition) is 5. The molecule has 0 saturated heterocycles. The Morgan fingerprint density at radius 1 is 1.21 bits per heavy atom. The van der Waals surface area contributed by atoms with Crippen LogP contribution in [-0.4, -0.2) is 40.7 Å². The second-order valence-corrected chi connectivity index (χ2v) is 7.28. The number of thiophene rings is 1. The van der Waals surface area contributed by atoms with E-state index in [4.69, 9.17) is 4.74 Å². The summed E-state index contributed by atoms with van der Waals surface area (Å²) >= 11 is 0.708. The normalized spacial score (nSPS) is 13.6. The van der Waals surface area contributed by atoms with E-state index in [1.54, 1.807) is 29.6 Å². The predicted molar refractivity (Wildman–Crippen MR) is 96.7 cm³/mol. The highest BCUT2D eigenvalue weighted by Crippen LogP contribution is 2.38. The Morgan fingerprint density at radius 3 is 2.52 bits per heavy atom. The van der Waals surface area contributed by atoms with Crippen LogP contribution in [0.15, 0.2) is 30.3 Å². The molecule has 1 aromatic carbocycles. The van der Waals surface area contributed by atoms with E-state index in [0.29, 0.717) is 21.8 Å². The Balaban J connectivity index is 1.74. The van der Waals surface area contributed by atoms with Gasteiger partial charge in [-0.2, -0.15) is 13.2 Å². The number of aromatic carboxylic acids is 1. The zero-order valence-electron chi connectivity index (χ0n) is 14.8. The van der Waals surface area contributed by atoms with Gasteiger partial charge in [-0.25, -0.2) is 9.59 Å². The van der Waals surface area contributed by atoms with Crippen molar-refractivity contribution < 1.29 is 37.4 Å². The maximum atomic E-state index is 12.5. The fourth-order valence-corrected chi connectivity index (χ4v) is 4.11. The number of fused-ring (bicyclic) bond motifs is 1. The highest BCUT2D eigenvalue weighted by molar-refractivity contribution is 7.17. The van der Waals surface area contributed by atoms with Crippen LogP contribution in [-0.2, 0) is 29.1 Å². The van der Waals surface area contributed by atoms with Gasteiger partial charge in [0.05, 0.1) is 12.1 Å². The van der Waals surface area contributed by atoms with Crippen LogP contribution in [0.2, 0.25) is 0 Å². The number of hydrogen-bond donors (Lipinski definition) is 2. The van der Waals surface area contributed by atoms with Gasteiger partial charge >= 0.3 is 24.1 Å². The van der Waals surface area contributed by atoms with Gasteiger partial charge in [-0.15, -0.1) is 11.3 Å². The molecule has 1 aromatic heterocycles. The summed E-state index contributed by atoms with van der Waals surface area (Å²) in [7, 11) is 0. The molecule has 0 radical (unpaired) electrons. The number of carbonyl (C=O) groups excluding carboxylic acids is 2. The van der Waals surface area contributed by atoms with E-state index in [1.807, 2.05) is 6.07 Å². The molecule has 29 heavy (non-hydrogen) atoms. The molecule has 2 aromatic rings. The first-order valence-electron chi connectivity index (χ1n) is 8.38. The van der Waals surface area contributed by atoms with Gasteiger partial charge in [-0.1, -0.05) is 30.3 Å². The molecule has 0 bridgehead atoms. The highest BCUT2D eigenvalue weighted by atomic mass is 32.1. The number of nitrogens with one attached hydrogen (secondary N) is 1. The molecule has 7 nitrogen and oxygen atoms in total. The molecule has 2 N–H and O–H groups in total. The third-order valence-electron chi connectivity index (χ3n) is 4.22. The van der Waals surface area contributed by atoms with Gasteiger partial charge in [0.25, 0.3) is 0 Å². The minimum absolute atomic E-state index is 0.0181. The standard InChI is InChI=1S/C18H15F3N2O5S/c19-18(20,21)16(26)22-14-13(15(24)25)11-6-7-23(8-12(11)29-14)17(27)28-9-10-4-2-1-3-5-10/h1-5H,6-9H2,(H,22,26)(H,24,25). The molecule has 0 fully saturated rings. The lowest BCUT2D eigenvalue weighted by atomic mass is 10.0. The summed E-state index contributed by atoms with van der Waals surface area (Å²) in [6, 6.07) is 8.99. The molecule has 1 aliphatic rings. The molecule has 1 aliphatic heterocycles. The van der Waals surface area contributed by atoms with Gasteiger partial charge in [0.1, 0.15) is 11.6 Å². The quantitative estimate of drug-likeness (QED) is 0.775. The molecule has 0 saturated carbocycles. The number of amides is 2. The van der Waals surface area contributed by atoms with Crippen LogP contribution in [0.3, 0.4) is 0 Å². The van der Waals surface area contributed by atoms with E-state index in [9.17, 15) is 32.7 Å². The van der Waals surface area contributed by atoms with Crippen LogP contribution in [0.25, 0.3) is 0 Å². The van der Waals surface area contributed by atoms with E-state index in [-0.39, 0.29) is 31.7 Å². The molecule has 3 rings (SSSR count). The summed E-state index contributed by atoms with van der Waals surface area (Å²) in [5.74, 6) is -3.70. The number of halogens is 3. The van der Waals surface area contributed by atoms with Crippen LogP contribution in [0.5, 0.6) is 0 Å². The molecule has 11 heteroatoms. The summed E-state index contributed by atoms with van der Waals surface area (Å²) in [6.07, 6.45) is -5.64. The van der Waals surface area contributed by atoms with Gasteiger partial charge in [0.2, 0.25) is 0 Å². The second kappa shape index (κ2) is 8.11. The molecule has 154 valence electrons. The molecule has 0 spiro atoms. The van der Waals surface area contributed by atoms with E-state index >= 15 is 0 Å². The average molecular weight is 428 g/mol. The molecule has 2 amide bonds. The number of alkyl halides is 3. The first kappa shape index (κ1) is 20.6. The van der Waals surface area contributed by atoms with E-state index < -0.39 is 29.1 Å². The van der Waals surface area contributed by atoms with Crippen LogP contribution in [0.4, 0.5) is 23.0 Å². The van der Waals surface area contributed by atoms with Crippen molar-refractivity contribution in [2.45, 2.75) is 25.7 Å². The SMILES string of the molecule is O=C(O)c1c(NC(=O)C(F)(F)F)sc2c1CCN(C(=O)OCc1ccccc1)C2. The fourth-order valence-electron chi connectivity index (χ4n) is 2.86. The third kappa shape index (κ3) is 4.67. The topological polar surface area (TPSA) is 95.9 Å². The molecule has 0 unspecified atom stereocenters. The number of carboxylic acid groups (broad SMARTS) is 1. The zero-order chi connectivity index (χ0) is 21.2. The third-order valence-corrected chi connectivity index (χ3v) is 5.35. The molecule has 2 heterocycles. The Hall–Kier alpha value is -3.08. The summed E-state index contributed by atoms with van der Waals surface area (Å²) in [5.41, 5.74) is 0.729. The summed E-state index contributed by atoms with van der Waals surface area (Å²) in [4.78, 5) is 36.8. The number of benzene rings is 1. The Labute approximate surface area is 166 Å². The van der Waals surface area contributed by atoms with E-state index in [1.165, 1.54) is 4.90 Å². The lowest BCUT2D eigenvalue weighted by Gasteiger charge is -2.26. The number of carboxylic acids is 1. The number of anilines is 1. The fraction of sp³-hybridized carbons (Fsp3) is 0.278. The van der Waals surface area contributed by atoms with Crippen LogP contribution >= 0.6 is 11.3 Å². The minimum atomic E-state index is -5.15. The molecular formula is C18H15F3N2O5S. The predicted octanol–water partition coefficient (Wildman–Crippen LogP) is 3.64. The first-order chi connectivity index (χ1) is 13.7. The van der Waals surface area contributed by atoms with Gasteiger partial charge in [-0.05, 0) is 17.5 Å². The van der Waals surface area contributed by atoms with Crippen LogP contribution < -0.4 is 5.32 Å². The average Bonchev–Trinajstić information content (AvgIpc) is 3.03. The summed E-state index contributed by atoms with van der Waals surface area (Å²) in [5, 5.41) is 10.6. The van der Waals surface area contributed by atoms with Crippen molar-refractivity contribution in [3.8, 4) is 0 Å². The van der Waals surface area contributed by atoms with Gasteiger partial charge in [0.15, 0.2) is 0 Å². The summed E-state index contributed by atoms with van der Waals surface area (Å²) in [6.45, 7) is 0.181. The van der Waals surface area contributed by atoms with E-state index in [2.05, 4.69) is 0 Å². The molecule has 0 aliphatic carbocycles. The molecule has 0 atom stereocenters. The van der Waals surface area contributed by atoms with Crippen LogP contribution in [0.1, 0.15) is 26.4 Å². The maximum Gasteiger partial charge on any atom is 0.471 e. The lowest BCUT2D eigenvalue weighted by molar-refractivity contribution is -0.167. The maximum absolute atomic E-state index is 12.5. The van der Waals surface area contributed by atoms with Gasteiger partial charge in [-0.3, -0.25) is 4.79 Å². The van der Waals surface area contributed by atoms with Crippen molar-refractivity contribution in [2.75, 3.05) is 11.9 Å². The Bertz CT molecular complexity index is 943. The van der Waals surface area contributed by atoms with Crippen molar-refractivity contribution in [1.82, 2.24) is 4.90 Å². The molecular weight excluding hydrogens is 413 g/mol.